The van der Waals surface area contributed by atoms with Gasteiger partial charge in [-0.15, -0.1) is 0 Å². The van der Waals surface area contributed by atoms with E-state index in [1.165, 1.54) is 0 Å². The summed E-state index contributed by atoms with van der Waals surface area (Å²) >= 11 is -0.556. The number of hydrogen-bond acceptors (Lipinski definition) is 0. The minimum absolute atomic E-state index is 0.450. The third-order valence-corrected chi connectivity index (χ3v) is 14.8. The molecule has 1 aliphatic rings. The van der Waals surface area contributed by atoms with Crippen molar-refractivity contribution in [1.82, 2.24) is 0 Å². The summed E-state index contributed by atoms with van der Waals surface area (Å²) in [5.74, 6) is 0. The number of rotatable bonds is 6. The molecule has 0 N–H and O–H groups in total. The molecule has 2 nitrogen and oxygen atoms in total. The van der Waals surface area contributed by atoms with E-state index in [-0.39, 0.29) is 0 Å². The van der Waals surface area contributed by atoms with E-state index in [0.29, 0.717) is 17.0 Å². The molecule has 3 rings (SSSR count). The molecule has 0 bridgehead atoms. The molecule has 179 valence electrons. The average molecular weight is 557 g/mol. The van der Waals surface area contributed by atoms with Crippen LogP contribution in [0.3, 0.4) is 0 Å². The maximum absolute atomic E-state index is 12.0. The average Bonchev–Trinajstić information content (AvgIpc) is 3.39. The quantitative estimate of drug-likeness (QED) is 0.251. The molecule has 0 spiro atoms. The third-order valence-electron chi connectivity index (χ3n) is 5.55. The van der Waals surface area contributed by atoms with Crippen molar-refractivity contribution in [2.75, 3.05) is 0 Å². The summed E-state index contributed by atoms with van der Waals surface area (Å²) in [6, 6.07) is 20.1. The van der Waals surface area contributed by atoms with Gasteiger partial charge in [-0.1, -0.05) is 109 Å². The Hall–Kier alpha value is 0.194. The zero-order valence-corrected chi connectivity index (χ0v) is 25.3. The van der Waals surface area contributed by atoms with Crippen LogP contribution >= 0.6 is 32.9 Å². The van der Waals surface area contributed by atoms with Crippen LogP contribution in [-0.2, 0) is 17.0 Å². The molecular weight excluding hydrogens is 521 g/mol. The fraction of sp³-hybridized carbons (Fsp3) is 0.346. The Morgan fingerprint density at radius 1 is 0.636 bits per heavy atom. The Morgan fingerprint density at radius 2 is 0.909 bits per heavy atom. The first-order valence-electron chi connectivity index (χ1n) is 11.2. The van der Waals surface area contributed by atoms with Crippen molar-refractivity contribution in [1.29, 1.82) is 0 Å². The Morgan fingerprint density at radius 3 is 1.15 bits per heavy atom. The molecule has 7 heteroatoms. The van der Waals surface area contributed by atoms with E-state index >= 15 is 0 Å². The molecule has 1 fully saturated rings. The van der Waals surface area contributed by atoms with Crippen LogP contribution in [0.25, 0.3) is 5.16 Å². The standard InChI is InChI=1S/C21H31N2P2.C5H5.2ClH.Ti/c1-17(2)24(18(3)4,19(5)6)23-25(22,20-13-9-7-10-14-20)21-15-11-8-12-16-21;1-2-4-5-3-1;;;/h7-19H,1-6H3;1-5H;2*1H;/q-1;;;;+2/p-2. The molecule has 0 saturated heterocycles. The molecule has 2 aromatic carbocycles. The second-order valence-electron chi connectivity index (χ2n) is 8.47. The Labute approximate surface area is 220 Å². The van der Waals surface area contributed by atoms with Gasteiger partial charge in [0.15, 0.2) is 0 Å². The van der Waals surface area contributed by atoms with E-state index < -0.39 is 31.3 Å². The number of hydrogen-bond donors (Lipinski definition) is 0. The van der Waals surface area contributed by atoms with Crippen LogP contribution in [-0.4, -0.2) is 17.0 Å². The molecule has 33 heavy (non-hydrogen) atoms. The fourth-order valence-electron chi connectivity index (χ4n) is 4.17. The van der Waals surface area contributed by atoms with Crippen molar-refractivity contribution in [3.8, 4) is 0 Å². The normalized spacial score (nSPS) is 13.8. The van der Waals surface area contributed by atoms with Crippen LogP contribution < -0.4 is 10.6 Å². The molecule has 0 aliphatic heterocycles. The number of nitrogens with zero attached hydrogens (tertiary/aromatic N) is 2. The summed E-state index contributed by atoms with van der Waals surface area (Å²) in [6.45, 7) is 13.7. The van der Waals surface area contributed by atoms with Gasteiger partial charge in [0, 0.05) is 0 Å². The maximum atomic E-state index is 12.0. The van der Waals surface area contributed by atoms with Gasteiger partial charge in [-0.3, -0.25) is 4.52 Å². The molecule has 0 atom stereocenters. The van der Waals surface area contributed by atoms with Gasteiger partial charge in [0.2, 0.25) is 0 Å². The van der Waals surface area contributed by atoms with Crippen molar-refractivity contribution in [2.45, 2.75) is 58.5 Å². The summed E-state index contributed by atoms with van der Waals surface area (Å²) in [5.41, 5.74) is 1.35. The van der Waals surface area contributed by atoms with E-state index in [2.05, 4.69) is 41.5 Å². The van der Waals surface area contributed by atoms with Gasteiger partial charge < -0.3 is 5.16 Å². The first kappa shape index (κ1) is 31.2. The van der Waals surface area contributed by atoms with Crippen molar-refractivity contribution in [3.63, 3.8) is 0 Å². The molecule has 5 radical (unpaired) electrons. The van der Waals surface area contributed by atoms with Gasteiger partial charge in [-0.2, -0.15) is 0 Å². The summed E-state index contributed by atoms with van der Waals surface area (Å²) in [4.78, 5) is 0. The third kappa shape index (κ3) is 8.97. The summed E-state index contributed by atoms with van der Waals surface area (Å²) < 4.78 is 5.46. The molecule has 0 heterocycles. The van der Waals surface area contributed by atoms with E-state index in [0.717, 1.165) is 10.6 Å². The number of halogens is 2. The summed E-state index contributed by atoms with van der Waals surface area (Å²) in [6.07, 6.45) is 10.0. The molecule has 2 aromatic rings. The molecule has 0 aromatic heterocycles. The molecule has 1 aliphatic carbocycles. The Balaban J connectivity index is 0.000000577. The van der Waals surface area contributed by atoms with Crippen molar-refractivity contribution in [2.24, 2.45) is 4.52 Å². The predicted molar refractivity (Wildman–Crippen MR) is 150 cm³/mol. The second-order valence-corrected chi connectivity index (χ2v) is 18.7. The number of benzene rings is 2. The van der Waals surface area contributed by atoms with Crippen LogP contribution in [0.15, 0.2) is 65.2 Å². The summed E-state index contributed by atoms with van der Waals surface area (Å²) in [5, 5.41) is 13.9. The Kier molecular flexibility index (Phi) is 15.2. The van der Waals surface area contributed by atoms with E-state index in [1.807, 2.05) is 92.8 Å². The van der Waals surface area contributed by atoms with Gasteiger partial charge in [-0.05, 0) is 66.7 Å². The Bertz CT molecular complexity index is 804. The zero-order chi connectivity index (χ0) is 24.9. The van der Waals surface area contributed by atoms with Crippen LogP contribution in [0.2, 0.25) is 0 Å². The molecule has 1 saturated carbocycles. The van der Waals surface area contributed by atoms with E-state index in [9.17, 15) is 5.16 Å². The van der Waals surface area contributed by atoms with Crippen molar-refractivity contribution < 1.29 is 17.0 Å². The van der Waals surface area contributed by atoms with Gasteiger partial charge in [-0.25, -0.2) is 0 Å². The first-order chi connectivity index (χ1) is 15.7. The van der Waals surface area contributed by atoms with Crippen LogP contribution in [0.5, 0.6) is 0 Å². The van der Waals surface area contributed by atoms with Crippen LogP contribution in [0, 0.1) is 32.1 Å². The monoisotopic (exact) mass is 556 g/mol. The molecular formula is C26H36Cl2N2P2Ti-. The SMILES string of the molecule is CC(C)P(=NP(=[N-])(c1ccccc1)c1ccccc1)(C(C)C)C(C)C.[CH]1[CH][CH][CH][CH]1.[Cl][Ti][Cl]. The van der Waals surface area contributed by atoms with Gasteiger partial charge in [0.1, 0.15) is 0 Å². The fourth-order valence-corrected chi connectivity index (χ4v) is 14.3. The van der Waals surface area contributed by atoms with Crippen LogP contribution in [0.1, 0.15) is 41.5 Å². The van der Waals surface area contributed by atoms with Crippen molar-refractivity contribution in [3.05, 3.63) is 97.9 Å². The minimum atomic E-state index is -2.78. The van der Waals surface area contributed by atoms with E-state index in [1.54, 1.807) is 0 Å². The summed E-state index contributed by atoms with van der Waals surface area (Å²) in [7, 11) is 5.25. The van der Waals surface area contributed by atoms with E-state index in [4.69, 9.17) is 23.1 Å². The molecule has 0 amide bonds. The van der Waals surface area contributed by atoms with Crippen LogP contribution in [0.4, 0.5) is 0 Å². The van der Waals surface area contributed by atoms with Gasteiger partial charge in [0.05, 0.1) is 0 Å². The van der Waals surface area contributed by atoms with Gasteiger partial charge in [0.25, 0.3) is 0 Å². The second kappa shape index (κ2) is 16.0. The van der Waals surface area contributed by atoms with Gasteiger partial charge >= 0.3 is 35.6 Å². The predicted octanol–water partition coefficient (Wildman–Crippen LogP) is 9.15. The zero-order valence-electron chi connectivity index (χ0n) is 20.4. The molecule has 0 unspecified atom stereocenters. The first-order valence-corrected chi connectivity index (χ1v) is 19.1. The topological polar surface area (TPSA) is 34.7 Å². The van der Waals surface area contributed by atoms with Crippen molar-refractivity contribution >= 4 is 43.5 Å².